The minimum Gasteiger partial charge on any atom is -0.506 e. The fraction of sp³-hybridized carbons (Fsp3) is 0.500. The lowest BCUT2D eigenvalue weighted by molar-refractivity contribution is -0.146. The molecule has 2 aromatic rings. The molecule has 0 fully saturated rings. The van der Waals surface area contributed by atoms with Crippen molar-refractivity contribution in [1.29, 1.82) is 0 Å². The van der Waals surface area contributed by atoms with Gasteiger partial charge in [0, 0.05) is 19.0 Å². The van der Waals surface area contributed by atoms with E-state index in [0.29, 0.717) is 12.0 Å². The van der Waals surface area contributed by atoms with Gasteiger partial charge in [-0.3, -0.25) is 9.59 Å². The number of benzene rings is 2. The van der Waals surface area contributed by atoms with Gasteiger partial charge in [-0.2, -0.15) is 0 Å². The second-order valence-corrected chi connectivity index (χ2v) is 12.5. The van der Waals surface area contributed by atoms with E-state index in [1.54, 1.807) is 32.9 Å². The van der Waals surface area contributed by atoms with Gasteiger partial charge in [-0.1, -0.05) is 57.2 Å². The van der Waals surface area contributed by atoms with Crippen LogP contribution in [0.5, 0.6) is 5.75 Å². The van der Waals surface area contributed by atoms with Crippen LogP contribution in [0.4, 0.5) is 15.3 Å². The SMILES string of the molecule is CC(C)(C)OC(=O)NC(Cc1ccc(O)c(NC(=O)CCCNC(=O)OCc2ccccc2)c1)C[C@@H](C(=O)O)C(C)(C)C. The highest BCUT2D eigenvalue weighted by Crippen LogP contribution is 2.32. The number of carbonyl (C=O) groups excluding carboxylic acids is 3. The first-order valence-corrected chi connectivity index (χ1v) is 14.3. The van der Waals surface area contributed by atoms with Gasteiger partial charge in [-0.15, -0.1) is 0 Å². The standard InChI is InChI=1S/C32H45N3O8/c1-31(2,3)24(28(38)39)19-23(34-30(41)43-32(4,5)6)17-22-14-15-26(36)25(18-22)35-27(37)13-10-16-33-29(40)42-20-21-11-8-7-9-12-21/h7-9,11-12,14-15,18,23-24,36H,10,13,16-17,19-20H2,1-6H3,(H,33,40)(H,34,41)(H,35,37)(H,38,39)/t23?,24-/m0/s1. The Morgan fingerprint density at radius 2 is 1.58 bits per heavy atom. The van der Waals surface area contributed by atoms with E-state index in [1.165, 1.54) is 6.07 Å². The third kappa shape index (κ3) is 13.5. The lowest BCUT2D eigenvalue weighted by Crippen LogP contribution is -2.43. The van der Waals surface area contributed by atoms with E-state index in [4.69, 9.17) is 9.47 Å². The first-order chi connectivity index (χ1) is 20.0. The Morgan fingerprint density at radius 1 is 0.907 bits per heavy atom. The van der Waals surface area contributed by atoms with Crippen molar-refractivity contribution in [2.75, 3.05) is 11.9 Å². The lowest BCUT2D eigenvalue weighted by atomic mass is 9.76. The maximum absolute atomic E-state index is 12.6. The molecule has 0 aliphatic rings. The number of aliphatic carboxylic acids is 1. The number of phenols is 1. The summed E-state index contributed by atoms with van der Waals surface area (Å²) in [6.07, 6.45) is -0.449. The van der Waals surface area contributed by atoms with Crippen LogP contribution in [-0.4, -0.2) is 52.5 Å². The highest BCUT2D eigenvalue weighted by atomic mass is 16.6. The number of hydrogen-bond acceptors (Lipinski definition) is 7. The number of nitrogens with one attached hydrogen (secondary N) is 3. The number of ether oxygens (including phenoxy) is 2. The summed E-state index contributed by atoms with van der Waals surface area (Å²) in [6.45, 7) is 11.1. The molecule has 5 N–H and O–H groups in total. The largest absolute Gasteiger partial charge is 0.506 e. The predicted molar refractivity (Wildman–Crippen MR) is 163 cm³/mol. The molecule has 0 aliphatic heterocycles. The zero-order chi connectivity index (χ0) is 32.2. The minimum atomic E-state index is -0.971. The molecule has 0 aliphatic carbocycles. The molecular formula is C32H45N3O8. The lowest BCUT2D eigenvalue weighted by Gasteiger charge is -2.31. The van der Waals surface area contributed by atoms with E-state index in [1.807, 2.05) is 51.1 Å². The number of carboxylic acids is 1. The van der Waals surface area contributed by atoms with Gasteiger partial charge in [-0.25, -0.2) is 9.59 Å². The zero-order valence-corrected chi connectivity index (χ0v) is 25.9. The molecule has 0 saturated carbocycles. The molecule has 0 bridgehead atoms. The van der Waals surface area contributed by atoms with E-state index >= 15 is 0 Å². The molecule has 43 heavy (non-hydrogen) atoms. The summed E-state index contributed by atoms with van der Waals surface area (Å²) in [5.74, 6) is -2.24. The fourth-order valence-corrected chi connectivity index (χ4v) is 4.30. The summed E-state index contributed by atoms with van der Waals surface area (Å²) in [5, 5.41) is 28.3. The number of carboxylic acid groups (broad SMARTS) is 1. The first-order valence-electron chi connectivity index (χ1n) is 14.3. The molecule has 0 aromatic heterocycles. The minimum absolute atomic E-state index is 0.0807. The number of rotatable bonds is 13. The Bertz CT molecular complexity index is 1240. The average Bonchev–Trinajstić information content (AvgIpc) is 2.89. The Hall–Kier alpha value is -4.28. The monoisotopic (exact) mass is 599 g/mol. The van der Waals surface area contributed by atoms with Crippen LogP contribution >= 0.6 is 0 Å². The van der Waals surface area contributed by atoms with Crippen molar-refractivity contribution in [2.45, 2.75) is 85.5 Å². The fourth-order valence-electron chi connectivity index (χ4n) is 4.30. The molecule has 0 heterocycles. The molecule has 0 saturated heterocycles. The molecule has 11 nitrogen and oxygen atoms in total. The molecule has 11 heteroatoms. The number of alkyl carbamates (subject to hydrolysis) is 2. The summed E-state index contributed by atoms with van der Waals surface area (Å²) in [4.78, 5) is 49.1. The van der Waals surface area contributed by atoms with Gasteiger partial charge in [0.1, 0.15) is 18.0 Å². The quantitative estimate of drug-likeness (QED) is 0.146. The summed E-state index contributed by atoms with van der Waals surface area (Å²) in [7, 11) is 0. The van der Waals surface area contributed by atoms with Crippen LogP contribution in [0, 0.1) is 11.3 Å². The van der Waals surface area contributed by atoms with Crippen molar-refractivity contribution in [3.63, 3.8) is 0 Å². The summed E-state index contributed by atoms with van der Waals surface area (Å²) < 4.78 is 10.5. The normalized spacial score (nSPS) is 12.9. The maximum Gasteiger partial charge on any atom is 0.407 e. The zero-order valence-electron chi connectivity index (χ0n) is 25.9. The van der Waals surface area contributed by atoms with Gasteiger partial charge < -0.3 is 35.6 Å². The van der Waals surface area contributed by atoms with Crippen LogP contribution in [-0.2, 0) is 32.1 Å². The van der Waals surface area contributed by atoms with Gasteiger partial charge >= 0.3 is 18.2 Å². The highest BCUT2D eigenvalue weighted by molar-refractivity contribution is 5.92. The Morgan fingerprint density at radius 3 is 2.19 bits per heavy atom. The summed E-state index contributed by atoms with van der Waals surface area (Å²) in [6, 6.07) is 13.3. The number of anilines is 1. The molecule has 2 rings (SSSR count). The molecule has 0 radical (unpaired) electrons. The Kier molecular flexibility index (Phi) is 12.8. The van der Waals surface area contributed by atoms with Gasteiger partial charge in [0.05, 0.1) is 11.6 Å². The van der Waals surface area contributed by atoms with Crippen molar-refractivity contribution in [1.82, 2.24) is 10.6 Å². The van der Waals surface area contributed by atoms with Gasteiger partial charge in [0.2, 0.25) is 5.91 Å². The second kappa shape index (κ2) is 15.8. The molecule has 0 spiro atoms. The van der Waals surface area contributed by atoms with Crippen molar-refractivity contribution in [3.05, 3.63) is 59.7 Å². The molecule has 236 valence electrons. The highest BCUT2D eigenvalue weighted by Gasteiger charge is 2.34. The van der Waals surface area contributed by atoms with Gasteiger partial charge in [0.25, 0.3) is 0 Å². The van der Waals surface area contributed by atoms with Crippen LogP contribution in [0.25, 0.3) is 0 Å². The Balaban J connectivity index is 1.98. The molecule has 3 amide bonds. The van der Waals surface area contributed by atoms with Crippen molar-refractivity contribution in [2.24, 2.45) is 11.3 Å². The van der Waals surface area contributed by atoms with E-state index in [-0.39, 0.29) is 49.8 Å². The van der Waals surface area contributed by atoms with Crippen LogP contribution in [0.2, 0.25) is 0 Å². The van der Waals surface area contributed by atoms with E-state index < -0.39 is 41.1 Å². The first kappa shape index (κ1) is 34.9. The van der Waals surface area contributed by atoms with Gasteiger partial charge in [0.15, 0.2) is 0 Å². The van der Waals surface area contributed by atoms with E-state index in [2.05, 4.69) is 16.0 Å². The molecule has 2 aromatic carbocycles. The Labute approximate surface area is 253 Å². The predicted octanol–water partition coefficient (Wildman–Crippen LogP) is 5.61. The van der Waals surface area contributed by atoms with Crippen molar-refractivity contribution < 1.29 is 38.9 Å². The molecular weight excluding hydrogens is 554 g/mol. The van der Waals surface area contributed by atoms with E-state index in [0.717, 1.165) is 5.56 Å². The molecule has 1 unspecified atom stereocenters. The van der Waals surface area contributed by atoms with Crippen LogP contribution in [0.3, 0.4) is 0 Å². The average molecular weight is 600 g/mol. The summed E-state index contributed by atoms with van der Waals surface area (Å²) >= 11 is 0. The third-order valence-corrected chi connectivity index (χ3v) is 6.46. The van der Waals surface area contributed by atoms with Crippen LogP contribution < -0.4 is 16.0 Å². The van der Waals surface area contributed by atoms with Crippen molar-refractivity contribution in [3.8, 4) is 5.75 Å². The number of aromatic hydroxyl groups is 1. The third-order valence-electron chi connectivity index (χ3n) is 6.46. The number of carbonyl (C=O) groups is 4. The summed E-state index contributed by atoms with van der Waals surface area (Å²) in [5.41, 5.74) is 0.399. The van der Waals surface area contributed by atoms with E-state index in [9.17, 15) is 29.4 Å². The van der Waals surface area contributed by atoms with Crippen molar-refractivity contribution >= 4 is 29.8 Å². The van der Waals surface area contributed by atoms with Crippen LogP contribution in [0.15, 0.2) is 48.5 Å². The maximum atomic E-state index is 12.6. The van der Waals surface area contributed by atoms with Gasteiger partial charge in [-0.05, 0) is 68.7 Å². The second-order valence-electron chi connectivity index (χ2n) is 12.5. The molecule has 2 atom stereocenters. The smallest absolute Gasteiger partial charge is 0.407 e. The number of phenolic OH excluding ortho intramolecular Hbond substituents is 1. The number of amides is 3. The number of hydrogen-bond donors (Lipinski definition) is 5. The van der Waals surface area contributed by atoms with Crippen LogP contribution in [0.1, 0.15) is 71.9 Å². The topological polar surface area (TPSA) is 163 Å².